The summed E-state index contributed by atoms with van der Waals surface area (Å²) in [5.41, 5.74) is 2.19. The molecular weight excluding hydrogens is 624 g/mol. The number of nitrogens with zero attached hydrogens (tertiary/aromatic N) is 2. The van der Waals surface area contributed by atoms with Crippen LogP contribution in [0, 0.1) is 25.7 Å². The van der Waals surface area contributed by atoms with Gasteiger partial charge in [0.2, 0.25) is 5.91 Å². The van der Waals surface area contributed by atoms with E-state index in [0.717, 1.165) is 22.4 Å². The lowest BCUT2D eigenvalue weighted by atomic mass is 9.70. The number of ether oxygens (including phenoxy) is 2. The van der Waals surface area contributed by atoms with Crippen molar-refractivity contribution in [3.63, 3.8) is 0 Å². The Bertz CT molecular complexity index is 1390. The summed E-state index contributed by atoms with van der Waals surface area (Å²) >= 11 is 3.72. The van der Waals surface area contributed by atoms with Crippen molar-refractivity contribution in [2.45, 2.75) is 68.1 Å². The van der Waals surface area contributed by atoms with E-state index in [4.69, 9.17) is 9.47 Å². The van der Waals surface area contributed by atoms with Gasteiger partial charge in [0.25, 0.3) is 5.91 Å². The molecule has 2 aromatic carbocycles. The third-order valence-electron chi connectivity index (χ3n) is 9.24. The second-order valence-electron chi connectivity index (χ2n) is 12.0. The van der Waals surface area contributed by atoms with E-state index in [-0.39, 0.29) is 36.4 Å². The standard InChI is InChI=1S/C35H41BrN2O6/c1-5-7-11-18-43-34(42)27-28-32(40)38(25(21-39)19-24-15-9-8-10-16-24)31(35(28)20-26(36)30(27)44-35)33(41)37(17-6-2)29-22(3)13-12-14-23(29)4/h5-6,8-10,12-16,25-28,30-31,39H,1-2,7,11,17-21H2,3-4H3/t25-,26?,27+,28+,30+,31?,35?/m1/s1. The highest BCUT2D eigenvalue weighted by Gasteiger charge is 2.77. The molecule has 0 aliphatic carbocycles. The molecule has 0 aromatic heterocycles. The summed E-state index contributed by atoms with van der Waals surface area (Å²) in [6.07, 6.45) is 4.82. The number of esters is 1. The number of carbonyl (C=O) groups excluding carboxylic acids is 3. The van der Waals surface area contributed by atoms with Crippen molar-refractivity contribution in [1.82, 2.24) is 4.90 Å². The Morgan fingerprint density at radius 1 is 1.16 bits per heavy atom. The molecule has 3 heterocycles. The highest BCUT2D eigenvalue weighted by molar-refractivity contribution is 9.09. The van der Waals surface area contributed by atoms with Crippen LogP contribution in [0.3, 0.4) is 0 Å². The zero-order chi connectivity index (χ0) is 31.6. The number of alkyl halides is 1. The molecule has 234 valence electrons. The molecule has 3 aliphatic heterocycles. The number of carbonyl (C=O) groups is 3. The molecule has 0 saturated carbocycles. The lowest BCUT2D eigenvalue weighted by Gasteiger charge is -2.40. The number of hydrogen-bond acceptors (Lipinski definition) is 6. The summed E-state index contributed by atoms with van der Waals surface area (Å²) in [7, 11) is 0. The van der Waals surface area contributed by atoms with E-state index >= 15 is 4.79 Å². The second-order valence-corrected chi connectivity index (χ2v) is 13.2. The van der Waals surface area contributed by atoms with Crippen LogP contribution >= 0.6 is 15.9 Å². The molecule has 2 bridgehead atoms. The average molecular weight is 666 g/mol. The van der Waals surface area contributed by atoms with Gasteiger partial charge in [-0.25, -0.2) is 0 Å². The number of halogens is 1. The molecule has 44 heavy (non-hydrogen) atoms. The van der Waals surface area contributed by atoms with Gasteiger partial charge in [-0.15, -0.1) is 13.2 Å². The number of aryl methyl sites for hydroxylation is 2. The normalized spacial score (nSPS) is 27.6. The number of fused-ring (bicyclic) bond motifs is 1. The molecular formula is C35H41BrN2O6. The first-order chi connectivity index (χ1) is 21.2. The van der Waals surface area contributed by atoms with Gasteiger partial charge in [-0.2, -0.15) is 0 Å². The van der Waals surface area contributed by atoms with Crippen LogP contribution in [-0.4, -0.2) is 76.2 Å². The number of para-hydroxylation sites is 1. The molecule has 8 nitrogen and oxygen atoms in total. The number of unbranched alkanes of at least 4 members (excludes halogenated alkanes) is 1. The predicted octanol–water partition coefficient (Wildman–Crippen LogP) is 4.68. The molecule has 1 spiro atoms. The molecule has 3 fully saturated rings. The number of hydrogen-bond donors (Lipinski definition) is 1. The summed E-state index contributed by atoms with van der Waals surface area (Å²) in [5.74, 6) is -3.00. The number of aliphatic hydroxyl groups excluding tert-OH is 1. The fraction of sp³-hybridized carbons (Fsp3) is 0.457. The third-order valence-corrected chi connectivity index (χ3v) is 10.1. The van der Waals surface area contributed by atoms with E-state index in [2.05, 4.69) is 29.1 Å². The highest BCUT2D eigenvalue weighted by Crippen LogP contribution is 2.61. The molecule has 2 amide bonds. The number of allylic oxidation sites excluding steroid dienone is 1. The lowest BCUT2D eigenvalue weighted by molar-refractivity contribution is -0.155. The fourth-order valence-electron chi connectivity index (χ4n) is 7.44. The van der Waals surface area contributed by atoms with Crippen molar-refractivity contribution >= 4 is 39.4 Å². The summed E-state index contributed by atoms with van der Waals surface area (Å²) < 4.78 is 12.3. The van der Waals surface area contributed by atoms with Crippen LogP contribution in [0.15, 0.2) is 73.8 Å². The van der Waals surface area contributed by atoms with Gasteiger partial charge in [-0.05, 0) is 56.2 Å². The van der Waals surface area contributed by atoms with Gasteiger partial charge in [0.05, 0.1) is 37.2 Å². The van der Waals surface area contributed by atoms with Gasteiger partial charge in [-0.1, -0.05) is 76.6 Å². The van der Waals surface area contributed by atoms with Gasteiger partial charge in [0.1, 0.15) is 11.6 Å². The minimum absolute atomic E-state index is 0.202. The molecule has 3 saturated heterocycles. The van der Waals surface area contributed by atoms with Crippen molar-refractivity contribution in [2.75, 3.05) is 24.7 Å². The van der Waals surface area contributed by atoms with Gasteiger partial charge in [-0.3, -0.25) is 14.4 Å². The number of likely N-dealkylation sites (tertiary alicyclic amines) is 1. The molecule has 5 rings (SSSR count). The summed E-state index contributed by atoms with van der Waals surface area (Å²) in [6, 6.07) is 13.6. The third kappa shape index (κ3) is 5.54. The van der Waals surface area contributed by atoms with Crippen molar-refractivity contribution < 1.29 is 29.0 Å². The number of aliphatic hydroxyl groups is 1. The maximum atomic E-state index is 15.0. The quantitative estimate of drug-likeness (QED) is 0.145. The minimum atomic E-state index is -1.28. The van der Waals surface area contributed by atoms with E-state index in [1.165, 1.54) is 4.90 Å². The van der Waals surface area contributed by atoms with Gasteiger partial charge < -0.3 is 24.4 Å². The first-order valence-electron chi connectivity index (χ1n) is 15.2. The first kappa shape index (κ1) is 32.1. The molecule has 3 aliphatic rings. The Hall–Kier alpha value is -3.27. The van der Waals surface area contributed by atoms with Gasteiger partial charge >= 0.3 is 5.97 Å². The topological polar surface area (TPSA) is 96.4 Å². The van der Waals surface area contributed by atoms with Crippen LogP contribution in [0.25, 0.3) is 0 Å². The van der Waals surface area contributed by atoms with Crippen LogP contribution < -0.4 is 4.90 Å². The Morgan fingerprint density at radius 2 is 1.86 bits per heavy atom. The van der Waals surface area contributed by atoms with Gasteiger partial charge in [0.15, 0.2) is 0 Å². The lowest BCUT2D eigenvalue weighted by Crippen LogP contribution is -2.59. The number of rotatable bonds is 13. The number of benzene rings is 2. The Balaban J connectivity index is 1.61. The van der Waals surface area contributed by atoms with E-state index in [1.807, 2.05) is 62.4 Å². The first-order valence-corrected chi connectivity index (χ1v) is 16.2. The monoisotopic (exact) mass is 664 g/mol. The Kier molecular flexibility index (Phi) is 9.77. The highest BCUT2D eigenvalue weighted by atomic mass is 79.9. The smallest absolute Gasteiger partial charge is 0.312 e. The fourth-order valence-corrected chi connectivity index (χ4v) is 8.39. The average Bonchev–Trinajstić information content (AvgIpc) is 3.61. The van der Waals surface area contributed by atoms with E-state index in [9.17, 15) is 14.7 Å². The summed E-state index contributed by atoms with van der Waals surface area (Å²) in [5, 5.41) is 10.8. The SMILES string of the molecule is C=CCCCOC(=O)[C@H]1[C@H]2C(=O)N([C@@H](CO)Cc3ccccc3)C(C(=O)N(CC=C)c3c(C)cccc3C)C23CC(Br)[C@@H]1O3. The maximum absolute atomic E-state index is 15.0. The molecule has 7 atom stereocenters. The number of amides is 2. The zero-order valence-electron chi connectivity index (χ0n) is 25.4. The van der Waals surface area contributed by atoms with E-state index in [0.29, 0.717) is 25.7 Å². The maximum Gasteiger partial charge on any atom is 0.312 e. The van der Waals surface area contributed by atoms with Crippen molar-refractivity contribution in [3.8, 4) is 0 Å². The van der Waals surface area contributed by atoms with Crippen molar-refractivity contribution in [3.05, 3.63) is 90.5 Å². The molecule has 9 heteroatoms. The largest absolute Gasteiger partial charge is 0.465 e. The van der Waals surface area contributed by atoms with Crippen molar-refractivity contribution in [2.24, 2.45) is 11.8 Å². The van der Waals surface area contributed by atoms with Crippen LogP contribution in [0.5, 0.6) is 0 Å². The van der Waals surface area contributed by atoms with Crippen LogP contribution in [0.2, 0.25) is 0 Å². The zero-order valence-corrected chi connectivity index (χ0v) is 26.9. The van der Waals surface area contributed by atoms with E-state index < -0.39 is 41.6 Å². The van der Waals surface area contributed by atoms with E-state index in [1.54, 1.807) is 17.1 Å². The summed E-state index contributed by atoms with van der Waals surface area (Å²) in [6.45, 7) is 11.6. The van der Waals surface area contributed by atoms with Crippen LogP contribution in [0.4, 0.5) is 5.69 Å². The number of anilines is 1. The van der Waals surface area contributed by atoms with Crippen molar-refractivity contribution in [1.29, 1.82) is 0 Å². The predicted molar refractivity (Wildman–Crippen MR) is 172 cm³/mol. The van der Waals surface area contributed by atoms with Crippen LogP contribution in [-0.2, 0) is 30.3 Å². The van der Waals surface area contributed by atoms with Gasteiger partial charge in [0, 0.05) is 17.1 Å². The molecule has 0 radical (unpaired) electrons. The molecule has 3 unspecified atom stereocenters. The second kappa shape index (κ2) is 13.4. The summed E-state index contributed by atoms with van der Waals surface area (Å²) in [4.78, 5) is 46.2. The Morgan fingerprint density at radius 3 is 2.50 bits per heavy atom. The minimum Gasteiger partial charge on any atom is -0.465 e. The molecule has 2 aromatic rings. The van der Waals surface area contributed by atoms with Crippen LogP contribution in [0.1, 0.15) is 36.0 Å². The Labute approximate surface area is 267 Å². The molecule has 1 N–H and O–H groups in total.